The molecule has 2 heterocycles. The third-order valence-electron chi connectivity index (χ3n) is 4.05. The van der Waals surface area contributed by atoms with Gasteiger partial charge < -0.3 is 9.77 Å². The van der Waals surface area contributed by atoms with Crippen molar-refractivity contribution >= 4 is 10.9 Å². The highest BCUT2D eigenvalue weighted by Gasteiger charge is 2.18. The Kier molecular flexibility index (Phi) is 2.79. The number of hydrogen-bond donors (Lipinski definition) is 1. The quantitative estimate of drug-likeness (QED) is 0.550. The molecule has 108 valence electrons. The Labute approximate surface area is 125 Å². The Morgan fingerprint density at radius 3 is 2.68 bits per heavy atom. The molecular weight excluding hydrogens is 278 g/mol. The van der Waals surface area contributed by atoms with Gasteiger partial charge in [0.2, 0.25) is 0 Å². The van der Waals surface area contributed by atoms with Gasteiger partial charge in [-0.2, -0.15) is 0 Å². The van der Waals surface area contributed by atoms with Crippen LogP contribution in [0.4, 0.5) is 0 Å². The van der Waals surface area contributed by atoms with Crippen molar-refractivity contribution in [3.8, 4) is 11.3 Å². The van der Waals surface area contributed by atoms with E-state index in [1.807, 2.05) is 48.5 Å². The number of para-hydroxylation sites is 1. The van der Waals surface area contributed by atoms with E-state index in [9.17, 15) is 10.0 Å². The Morgan fingerprint density at radius 2 is 1.91 bits per heavy atom. The molecule has 0 saturated carbocycles. The monoisotopic (exact) mass is 291 g/mol. The van der Waals surface area contributed by atoms with Crippen molar-refractivity contribution in [1.29, 1.82) is 0 Å². The van der Waals surface area contributed by atoms with E-state index in [-0.39, 0.29) is 11.0 Å². The first-order valence-corrected chi connectivity index (χ1v) is 7.10. The van der Waals surface area contributed by atoms with Crippen LogP contribution in [0.15, 0.2) is 58.5 Å². The topological polar surface area (TPSA) is 67.5 Å². The molecule has 1 aromatic heterocycles. The van der Waals surface area contributed by atoms with Crippen LogP contribution in [0.3, 0.4) is 0 Å². The highest BCUT2D eigenvalue weighted by molar-refractivity contribution is 5.94. The molecule has 0 bridgehead atoms. The van der Waals surface area contributed by atoms with Gasteiger partial charge in [-0.3, -0.25) is 4.79 Å². The lowest BCUT2D eigenvalue weighted by atomic mass is 10.0. The van der Waals surface area contributed by atoms with Gasteiger partial charge in [-0.1, -0.05) is 53.7 Å². The Morgan fingerprint density at radius 1 is 1.09 bits per heavy atom. The van der Waals surface area contributed by atoms with Crippen LogP contribution in [0.1, 0.15) is 5.56 Å². The number of aryl methyl sites for hydroxylation is 2. The molecule has 1 aliphatic rings. The van der Waals surface area contributed by atoms with Gasteiger partial charge in [-0.25, -0.2) is 4.98 Å². The largest absolute Gasteiger partial charge is 0.409 e. The SMILES string of the molecule is O=c1c(=NO)nc(-c2ccccc2)c2cccc3c2n1CC3. The van der Waals surface area contributed by atoms with Gasteiger partial charge in [0.1, 0.15) is 0 Å². The van der Waals surface area contributed by atoms with E-state index in [4.69, 9.17) is 0 Å². The van der Waals surface area contributed by atoms with Crippen LogP contribution >= 0.6 is 0 Å². The number of hydrogen-bond acceptors (Lipinski definition) is 4. The van der Waals surface area contributed by atoms with E-state index in [0.717, 1.165) is 28.5 Å². The lowest BCUT2D eigenvalue weighted by Crippen LogP contribution is -2.33. The van der Waals surface area contributed by atoms with Crippen molar-refractivity contribution in [1.82, 2.24) is 9.55 Å². The van der Waals surface area contributed by atoms with Gasteiger partial charge in [0, 0.05) is 17.5 Å². The van der Waals surface area contributed by atoms with Crippen LogP contribution in [-0.2, 0) is 13.0 Å². The Bertz CT molecular complexity index is 1010. The predicted molar refractivity (Wildman–Crippen MR) is 82.5 cm³/mol. The Hall–Kier alpha value is -2.95. The molecule has 0 radical (unpaired) electrons. The first-order valence-electron chi connectivity index (χ1n) is 7.10. The third kappa shape index (κ3) is 1.75. The summed E-state index contributed by atoms with van der Waals surface area (Å²) in [4.78, 5) is 16.8. The van der Waals surface area contributed by atoms with Crippen LogP contribution in [0.2, 0.25) is 0 Å². The lowest BCUT2D eigenvalue weighted by molar-refractivity contribution is 0.297. The smallest absolute Gasteiger partial charge is 0.299 e. The minimum absolute atomic E-state index is 0.178. The van der Waals surface area contributed by atoms with Crippen LogP contribution < -0.4 is 11.0 Å². The second-order valence-electron chi connectivity index (χ2n) is 5.27. The van der Waals surface area contributed by atoms with Gasteiger partial charge in [-0.05, 0) is 12.0 Å². The zero-order valence-electron chi connectivity index (χ0n) is 11.7. The average Bonchev–Trinajstić information content (AvgIpc) is 2.95. The van der Waals surface area contributed by atoms with E-state index in [2.05, 4.69) is 10.1 Å². The molecule has 5 nitrogen and oxygen atoms in total. The van der Waals surface area contributed by atoms with E-state index >= 15 is 0 Å². The highest BCUT2D eigenvalue weighted by atomic mass is 16.4. The van der Waals surface area contributed by atoms with Crippen molar-refractivity contribution in [2.75, 3.05) is 0 Å². The molecule has 0 spiro atoms. The first kappa shape index (κ1) is 12.8. The molecule has 1 N–H and O–H groups in total. The first-order chi connectivity index (χ1) is 10.8. The zero-order valence-corrected chi connectivity index (χ0v) is 11.7. The van der Waals surface area contributed by atoms with Gasteiger partial charge >= 0.3 is 0 Å². The number of aromatic nitrogens is 2. The zero-order chi connectivity index (χ0) is 15.1. The number of rotatable bonds is 1. The number of benzene rings is 2. The van der Waals surface area contributed by atoms with Crippen molar-refractivity contribution in [3.05, 3.63) is 69.9 Å². The summed E-state index contributed by atoms with van der Waals surface area (Å²) in [5, 5.41) is 13.2. The summed E-state index contributed by atoms with van der Waals surface area (Å²) >= 11 is 0. The van der Waals surface area contributed by atoms with Crippen molar-refractivity contribution < 1.29 is 5.21 Å². The van der Waals surface area contributed by atoms with Crippen molar-refractivity contribution in [3.63, 3.8) is 0 Å². The summed E-state index contributed by atoms with van der Waals surface area (Å²) < 4.78 is 1.65. The van der Waals surface area contributed by atoms with Gasteiger partial charge in [0.05, 0.1) is 11.2 Å². The molecule has 0 amide bonds. The maximum atomic E-state index is 12.5. The second-order valence-corrected chi connectivity index (χ2v) is 5.27. The molecule has 22 heavy (non-hydrogen) atoms. The molecule has 1 aliphatic heterocycles. The van der Waals surface area contributed by atoms with E-state index < -0.39 is 0 Å². The molecule has 0 unspecified atom stereocenters. The van der Waals surface area contributed by atoms with Crippen LogP contribution in [0.5, 0.6) is 0 Å². The molecule has 4 rings (SSSR count). The molecule has 0 aliphatic carbocycles. The standard InChI is InChI=1S/C17H13N3O2/c21-17-16(19-22)18-14(11-5-2-1-3-6-11)13-8-4-7-12-9-10-20(17)15(12)13/h1-8,22H,9-10H2. The summed E-state index contributed by atoms with van der Waals surface area (Å²) in [6.07, 6.45) is 0.801. The molecule has 3 aromatic rings. The van der Waals surface area contributed by atoms with E-state index in [1.54, 1.807) is 4.57 Å². The fraction of sp³-hybridized carbons (Fsp3) is 0.118. The molecule has 0 saturated heterocycles. The van der Waals surface area contributed by atoms with E-state index in [0.29, 0.717) is 12.2 Å². The lowest BCUT2D eigenvalue weighted by Gasteiger charge is -2.03. The average molecular weight is 291 g/mol. The minimum Gasteiger partial charge on any atom is -0.409 e. The van der Waals surface area contributed by atoms with Crippen molar-refractivity contribution in [2.45, 2.75) is 13.0 Å². The highest BCUT2D eigenvalue weighted by Crippen LogP contribution is 2.29. The second kappa shape index (κ2) is 4.80. The fourth-order valence-electron chi connectivity index (χ4n) is 3.07. The summed E-state index contributed by atoms with van der Waals surface area (Å²) in [6, 6.07) is 15.6. The van der Waals surface area contributed by atoms with Crippen LogP contribution in [0, 0.1) is 0 Å². The third-order valence-corrected chi connectivity index (χ3v) is 4.05. The maximum Gasteiger partial charge on any atom is 0.299 e. The molecule has 0 fully saturated rings. The molecule has 5 heteroatoms. The normalized spacial score (nSPS) is 13.7. The molecule has 2 aromatic carbocycles. The summed E-state index contributed by atoms with van der Waals surface area (Å²) in [5.74, 6) is 0. The summed E-state index contributed by atoms with van der Waals surface area (Å²) in [7, 11) is 0. The number of nitrogens with zero attached hydrogens (tertiary/aromatic N) is 3. The summed E-state index contributed by atoms with van der Waals surface area (Å²) in [5.41, 5.74) is 3.01. The van der Waals surface area contributed by atoms with Crippen LogP contribution in [0.25, 0.3) is 22.2 Å². The van der Waals surface area contributed by atoms with Gasteiger partial charge in [-0.15, -0.1) is 0 Å². The van der Waals surface area contributed by atoms with Gasteiger partial charge in [0.25, 0.3) is 11.0 Å². The van der Waals surface area contributed by atoms with Crippen molar-refractivity contribution in [2.24, 2.45) is 5.16 Å². The van der Waals surface area contributed by atoms with Crippen LogP contribution in [-0.4, -0.2) is 14.8 Å². The maximum absolute atomic E-state index is 12.5. The van der Waals surface area contributed by atoms with E-state index in [1.165, 1.54) is 0 Å². The Balaban J connectivity index is 2.29. The minimum atomic E-state index is -0.361. The molecule has 0 atom stereocenters. The molecular formula is C17H13N3O2. The van der Waals surface area contributed by atoms with Gasteiger partial charge in [0.15, 0.2) is 0 Å². The summed E-state index contributed by atoms with van der Waals surface area (Å²) in [6.45, 7) is 0.585. The fourth-order valence-corrected chi connectivity index (χ4v) is 3.07. The predicted octanol–water partition coefficient (Wildman–Crippen LogP) is 1.91.